The molecule has 5 heterocycles. The Balaban J connectivity index is 1.70. The van der Waals surface area contributed by atoms with Crippen LogP contribution in [0.3, 0.4) is 0 Å². The molecule has 0 saturated carbocycles. The number of carbonyl (C=O) groups excluding carboxylic acids is 2. The van der Waals surface area contributed by atoms with Crippen LogP contribution in [0, 0.1) is 11.6 Å². The number of anilines is 2. The van der Waals surface area contributed by atoms with Gasteiger partial charge in [-0.2, -0.15) is 9.97 Å². The van der Waals surface area contributed by atoms with Gasteiger partial charge in [-0.25, -0.2) is 28.1 Å². The van der Waals surface area contributed by atoms with Crippen LogP contribution in [0.15, 0.2) is 48.0 Å². The van der Waals surface area contributed by atoms with Crippen LogP contribution in [0.4, 0.5) is 20.3 Å². The van der Waals surface area contributed by atoms with Gasteiger partial charge in [0.2, 0.25) is 11.8 Å². The van der Waals surface area contributed by atoms with Crippen molar-refractivity contribution in [3.8, 4) is 22.8 Å². The molecule has 1 N–H and O–H groups in total. The Morgan fingerprint density at radius 1 is 1.16 bits per heavy atom. The number of rotatable bonds is 3. The van der Waals surface area contributed by atoms with Crippen LogP contribution in [-0.4, -0.2) is 73.5 Å². The molecule has 1 fully saturated rings. The van der Waals surface area contributed by atoms with Crippen LogP contribution in [-0.2, 0) is 9.59 Å². The number of nitrogens with one attached hydrogen (secondary N) is 1. The average molecular weight is 603 g/mol. The van der Waals surface area contributed by atoms with E-state index in [1.165, 1.54) is 24.5 Å². The highest BCUT2D eigenvalue weighted by Gasteiger charge is 2.32. The zero-order chi connectivity index (χ0) is 31.3. The fourth-order valence-corrected chi connectivity index (χ4v) is 5.61. The summed E-state index contributed by atoms with van der Waals surface area (Å²) >= 11 is 0. The smallest absolute Gasteiger partial charge is 0.356 e. The second-order valence-corrected chi connectivity index (χ2v) is 10.8. The van der Waals surface area contributed by atoms with E-state index in [-0.39, 0.29) is 57.5 Å². The van der Waals surface area contributed by atoms with Crippen molar-refractivity contribution in [2.75, 3.05) is 36.5 Å². The third-order valence-corrected chi connectivity index (χ3v) is 7.64. The van der Waals surface area contributed by atoms with Crippen LogP contribution in [0.25, 0.3) is 28.0 Å². The zero-order valence-electron chi connectivity index (χ0n) is 24.2. The largest absolute Gasteiger partial charge is 0.466 e. The quantitative estimate of drug-likeness (QED) is 0.351. The molecule has 0 radical (unpaired) electrons. The molecule has 0 unspecified atom stereocenters. The van der Waals surface area contributed by atoms with Crippen molar-refractivity contribution in [2.45, 2.75) is 32.7 Å². The number of hydrogen-bond acceptors (Lipinski definition) is 9. The minimum absolute atomic E-state index is 0.0319. The first kappa shape index (κ1) is 28.8. The number of carbonyl (C=O) groups is 2. The SMILES string of the molecule is C=CC(=O)N1CCN(c2nc(=O)n3c4nc(c(F)cc24)-c2c(F)cccc2NC(=O)COc2ncnc(C(C)C)c2-3)[C@H](C)C1. The van der Waals surface area contributed by atoms with E-state index in [1.807, 2.05) is 25.7 Å². The van der Waals surface area contributed by atoms with Gasteiger partial charge in [-0.1, -0.05) is 26.5 Å². The molecule has 3 aromatic heterocycles. The van der Waals surface area contributed by atoms with Crippen molar-refractivity contribution < 1.29 is 23.1 Å². The molecule has 1 aromatic carbocycles. The van der Waals surface area contributed by atoms with Crippen LogP contribution in [0.1, 0.15) is 32.4 Å². The predicted octanol–water partition coefficient (Wildman–Crippen LogP) is 3.19. The van der Waals surface area contributed by atoms with E-state index in [2.05, 4.69) is 31.8 Å². The predicted molar refractivity (Wildman–Crippen MR) is 158 cm³/mol. The molecular weight excluding hydrogens is 574 g/mol. The number of pyridine rings is 1. The number of aromatic nitrogens is 5. The van der Waals surface area contributed by atoms with Gasteiger partial charge >= 0.3 is 5.69 Å². The van der Waals surface area contributed by atoms with Gasteiger partial charge in [-0.05, 0) is 37.1 Å². The summed E-state index contributed by atoms with van der Waals surface area (Å²) in [7, 11) is 0. The van der Waals surface area contributed by atoms with E-state index < -0.39 is 35.5 Å². The van der Waals surface area contributed by atoms with E-state index in [0.29, 0.717) is 25.3 Å². The number of halogens is 2. The van der Waals surface area contributed by atoms with E-state index in [1.54, 1.807) is 4.90 Å². The molecule has 2 aliphatic heterocycles. The highest BCUT2D eigenvalue weighted by Crippen LogP contribution is 2.37. The lowest BCUT2D eigenvalue weighted by Crippen LogP contribution is -2.54. The first-order valence-electron chi connectivity index (χ1n) is 14.0. The molecule has 14 heteroatoms. The van der Waals surface area contributed by atoms with Crippen molar-refractivity contribution in [3.63, 3.8) is 0 Å². The average Bonchev–Trinajstić information content (AvgIpc) is 2.99. The molecule has 0 spiro atoms. The van der Waals surface area contributed by atoms with Crippen molar-refractivity contribution >= 4 is 34.4 Å². The highest BCUT2D eigenvalue weighted by molar-refractivity contribution is 5.98. The second-order valence-electron chi connectivity index (χ2n) is 10.8. The molecule has 226 valence electrons. The minimum Gasteiger partial charge on any atom is -0.466 e. The third-order valence-electron chi connectivity index (χ3n) is 7.64. The molecule has 6 rings (SSSR count). The van der Waals surface area contributed by atoms with Gasteiger partial charge in [0.15, 0.2) is 18.1 Å². The number of nitrogens with zero attached hydrogens (tertiary/aromatic N) is 7. The summed E-state index contributed by atoms with van der Waals surface area (Å²) in [5, 5.41) is 2.72. The van der Waals surface area contributed by atoms with E-state index in [9.17, 15) is 14.4 Å². The van der Waals surface area contributed by atoms with Crippen molar-refractivity contribution in [1.82, 2.24) is 29.4 Å². The fraction of sp³-hybridized carbons (Fsp3) is 0.300. The number of ether oxygens (including phenoxy) is 1. The van der Waals surface area contributed by atoms with Crippen LogP contribution < -0.4 is 20.6 Å². The van der Waals surface area contributed by atoms with Crippen molar-refractivity contribution in [1.29, 1.82) is 0 Å². The van der Waals surface area contributed by atoms with Gasteiger partial charge in [0.25, 0.3) is 5.91 Å². The molecule has 44 heavy (non-hydrogen) atoms. The van der Waals surface area contributed by atoms with E-state index in [0.717, 1.165) is 16.7 Å². The molecule has 1 saturated heterocycles. The summed E-state index contributed by atoms with van der Waals surface area (Å²) in [6.07, 6.45) is 2.49. The van der Waals surface area contributed by atoms with Gasteiger partial charge in [0.05, 0.1) is 22.3 Å². The zero-order valence-corrected chi connectivity index (χ0v) is 24.2. The first-order chi connectivity index (χ1) is 21.1. The van der Waals surface area contributed by atoms with Crippen LogP contribution in [0.2, 0.25) is 0 Å². The number of hydrogen-bond donors (Lipinski definition) is 1. The third kappa shape index (κ3) is 4.81. The molecular formula is C30H28F2N8O4. The molecule has 2 aliphatic rings. The fourth-order valence-electron chi connectivity index (χ4n) is 5.61. The Hall–Kier alpha value is -5.27. The molecule has 2 bridgehead atoms. The van der Waals surface area contributed by atoms with Crippen molar-refractivity contribution in [2.24, 2.45) is 0 Å². The maximum absolute atomic E-state index is 16.1. The summed E-state index contributed by atoms with van der Waals surface area (Å²) in [6, 6.07) is 4.73. The van der Waals surface area contributed by atoms with Gasteiger partial charge in [0.1, 0.15) is 29.3 Å². The van der Waals surface area contributed by atoms with Gasteiger partial charge in [-0.3, -0.25) is 9.59 Å². The lowest BCUT2D eigenvalue weighted by molar-refractivity contribution is -0.126. The van der Waals surface area contributed by atoms with Crippen LogP contribution in [0.5, 0.6) is 5.88 Å². The van der Waals surface area contributed by atoms with E-state index >= 15 is 8.78 Å². The number of piperazine rings is 1. The maximum atomic E-state index is 16.1. The summed E-state index contributed by atoms with van der Waals surface area (Å²) in [6.45, 7) is 9.46. The Bertz CT molecular complexity index is 1910. The topological polar surface area (TPSA) is 135 Å². The summed E-state index contributed by atoms with van der Waals surface area (Å²) in [5.41, 5.74) is -1.13. The van der Waals surface area contributed by atoms with Gasteiger partial charge in [-0.15, -0.1) is 0 Å². The molecule has 0 aliphatic carbocycles. The number of fused-ring (bicyclic) bond motifs is 5. The van der Waals surface area contributed by atoms with Crippen molar-refractivity contribution in [3.05, 3.63) is 71.1 Å². The number of amides is 2. The monoisotopic (exact) mass is 602 g/mol. The summed E-state index contributed by atoms with van der Waals surface area (Å²) in [4.78, 5) is 60.2. The Labute approximate surface area is 250 Å². The highest BCUT2D eigenvalue weighted by atomic mass is 19.1. The van der Waals surface area contributed by atoms with Gasteiger partial charge < -0.3 is 19.9 Å². The molecule has 4 aromatic rings. The Kier molecular flexibility index (Phi) is 7.27. The number of benzene rings is 1. The lowest BCUT2D eigenvalue weighted by atomic mass is 10.1. The molecule has 12 nitrogen and oxygen atoms in total. The maximum Gasteiger partial charge on any atom is 0.356 e. The Morgan fingerprint density at radius 3 is 2.68 bits per heavy atom. The van der Waals surface area contributed by atoms with E-state index in [4.69, 9.17) is 4.74 Å². The first-order valence-corrected chi connectivity index (χ1v) is 14.0. The van der Waals surface area contributed by atoms with Crippen LogP contribution >= 0.6 is 0 Å². The summed E-state index contributed by atoms with van der Waals surface area (Å²) < 4.78 is 38.4. The molecule has 2 amide bonds. The second kappa shape index (κ2) is 11.1. The normalized spacial score (nSPS) is 16.5. The lowest BCUT2D eigenvalue weighted by Gasteiger charge is -2.40. The Morgan fingerprint density at radius 2 is 1.95 bits per heavy atom. The molecule has 1 atom stereocenters. The summed E-state index contributed by atoms with van der Waals surface area (Å²) in [5.74, 6) is -2.83. The van der Waals surface area contributed by atoms with Gasteiger partial charge in [0, 0.05) is 25.7 Å². The minimum atomic E-state index is -0.901. The standard InChI is InChI=1S/C30H28F2N8O4/c1-5-22(42)38-9-10-39(16(4)12-38)27-17-11-19(32)25-23-18(31)7-6-8-20(23)35-21(41)13-44-29-26(24(15(2)3)33-14-34-29)40(28(17)36-25)30(43)37-27/h5-8,11,14-16H,1,9-10,12-13H2,2-4H3,(H,35,41)/t16-/m1/s1.